The molecule has 121 heavy (non-hydrogen) atoms. The van der Waals surface area contributed by atoms with Gasteiger partial charge in [0, 0.05) is 77.5 Å². The van der Waals surface area contributed by atoms with Gasteiger partial charge in [0.1, 0.15) is 45.9 Å². The number of benzene rings is 8. The van der Waals surface area contributed by atoms with Crippen molar-refractivity contribution in [1.82, 2.24) is 39.5 Å². The molecule has 27 nitrogen and oxygen atoms in total. The third kappa shape index (κ3) is 23.0. The molecule has 0 aliphatic carbocycles. The Balaban J connectivity index is 0.000000284. The first-order valence-corrected chi connectivity index (χ1v) is 36.9. The molecule has 12 rings (SSSR count). The van der Waals surface area contributed by atoms with Crippen molar-refractivity contribution in [1.29, 1.82) is 0 Å². The summed E-state index contributed by atoms with van der Waals surface area (Å²) in [5.41, 5.74) is 5.41. The average molecular weight is 1870 g/mol. The van der Waals surface area contributed by atoms with Gasteiger partial charge in [-0.2, -0.15) is 54.0 Å². The van der Waals surface area contributed by atoms with E-state index in [1.807, 2.05) is 6.07 Å². The van der Waals surface area contributed by atoms with Crippen LogP contribution in [-0.2, 0) is 50.6 Å². The van der Waals surface area contributed by atoms with E-state index in [0.717, 1.165) is 23.2 Å². The molecule has 40 heteroatoms. The highest BCUT2D eigenvalue weighted by Crippen LogP contribution is 2.39. The number of halogens is 9. The third-order valence-corrected chi connectivity index (χ3v) is 21.2. The maximum atomic E-state index is 14.5. The molecule has 4 atom stereocenters. The van der Waals surface area contributed by atoms with Gasteiger partial charge in [-0.25, -0.2) is 22.8 Å². The van der Waals surface area contributed by atoms with Crippen molar-refractivity contribution >= 4 is 215 Å². The molecule has 0 aliphatic heterocycles. The number of nitrogens with one attached hydrogen (secondary N) is 4. The molecule has 0 spiro atoms. The summed E-state index contributed by atoms with van der Waals surface area (Å²) >= 11 is 37.1. The normalized spacial score (nSPS) is 11.7. The van der Waals surface area contributed by atoms with Crippen molar-refractivity contribution in [3.8, 4) is 17.2 Å². The van der Waals surface area contributed by atoms with Crippen LogP contribution in [0.15, 0.2) is 146 Å². The van der Waals surface area contributed by atoms with E-state index in [-0.39, 0.29) is 140 Å². The minimum absolute atomic E-state index is 0. The van der Waals surface area contributed by atoms with Gasteiger partial charge in [0.25, 0.3) is 23.6 Å². The number of carboxylic acid groups (broad SMARTS) is 4. The van der Waals surface area contributed by atoms with Gasteiger partial charge >= 0.3 is 23.9 Å². The SMILES string of the molecule is COc1cc2c(cc(C(=O)N[C@H](CO)c3ccc(CC(=O)O)cc3F)n2C)c(Cl)c1F.COc1ccc2c(cc(C(=O)N[C@H](CO)c3ccc(C(=O)O)cc3Cl)n2C)c1Cl.COc1ccc2c(cc(C(=O)N[C@H](CO)c3ccc(CC(=O)O)cc3)n2C)c1Cl.Cn1c(C(=O)N[C@H](CO)c2ccc(C(=O)O)cc2F)cc2c(Cl)c(Cl)ccc21.S.S.S.S. The summed E-state index contributed by atoms with van der Waals surface area (Å²) in [6, 6.07) is 32.3. The number of nitrogens with zero attached hydrogens (tertiary/aromatic N) is 4. The maximum Gasteiger partial charge on any atom is 0.335 e. The highest BCUT2D eigenvalue weighted by molar-refractivity contribution is 7.59. The van der Waals surface area contributed by atoms with Crippen LogP contribution < -0.4 is 35.5 Å². The zero-order valence-corrected chi connectivity index (χ0v) is 73.2. The Bertz CT molecular complexity index is 5880. The van der Waals surface area contributed by atoms with Crippen LogP contribution in [0.3, 0.4) is 0 Å². The van der Waals surface area contributed by atoms with Crippen molar-refractivity contribution in [3.05, 3.63) is 260 Å². The Morgan fingerprint density at radius 2 is 0.702 bits per heavy atom. The quantitative estimate of drug-likeness (QED) is 0.0253. The number of fused-ring (bicyclic) bond motifs is 4. The zero-order valence-electron chi connectivity index (χ0n) is 64.7. The number of amides is 4. The van der Waals surface area contributed by atoms with Gasteiger partial charge in [-0.15, -0.1) is 0 Å². The van der Waals surface area contributed by atoms with Crippen LogP contribution in [0, 0.1) is 17.5 Å². The summed E-state index contributed by atoms with van der Waals surface area (Å²) < 4.78 is 64.9. The van der Waals surface area contributed by atoms with Crippen LogP contribution in [0.1, 0.15) is 120 Å². The van der Waals surface area contributed by atoms with Crippen LogP contribution in [-0.4, -0.2) is 154 Å². The number of aliphatic hydroxyl groups excluding tert-OH is 4. The average Bonchev–Trinajstić information content (AvgIpc) is 1.65. The summed E-state index contributed by atoms with van der Waals surface area (Å²) in [7, 11) is 11.0. The van der Waals surface area contributed by atoms with Crippen molar-refractivity contribution in [2.75, 3.05) is 47.8 Å². The highest BCUT2D eigenvalue weighted by atomic mass is 35.5. The Morgan fingerprint density at radius 1 is 0.364 bits per heavy atom. The smallest absolute Gasteiger partial charge is 0.335 e. The number of aliphatic hydroxyl groups is 4. The van der Waals surface area contributed by atoms with E-state index in [9.17, 15) is 72.0 Å². The fraction of sp³-hybridized carbons (Fsp3) is 0.210. The number of aromatic nitrogens is 4. The van der Waals surface area contributed by atoms with Crippen LogP contribution in [0.25, 0.3) is 43.6 Å². The molecule has 0 bridgehead atoms. The molecule has 646 valence electrons. The molecule has 0 saturated heterocycles. The molecule has 12 aromatic rings. The number of aryl methyl sites for hydroxylation is 4. The lowest BCUT2D eigenvalue weighted by Crippen LogP contribution is -2.32. The lowest BCUT2D eigenvalue weighted by molar-refractivity contribution is -0.137. The van der Waals surface area contributed by atoms with E-state index in [4.69, 9.17) is 104 Å². The molecule has 0 unspecified atom stereocenters. The van der Waals surface area contributed by atoms with Crippen molar-refractivity contribution < 1.29 is 107 Å². The molecule has 0 radical (unpaired) electrons. The first kappa shape index (κ1) is 101. The van der Waals surface area contributed by atoms with Gasteiger partial charge in [-0.1, -0.05) is 118 Å². The molecule has 4 heterocycles. The van der Waals surface area contributed by atoms with Gasteiger partial charge in [0.2, 0.25) is 0 Å². The molecular weight excluding hydrogens is 1790 g/mol. The predicted molar refractivity (Wildman–Crippen MR) is 474 cm³/mol. The van der Waals surface area contributed by atoms with Gasteiger partial charge < -0.3 is 94.6 Å². The van der Waals surface area contributed by atoms with Gasteiger partial charge in [0.15, 0.2) is 11.6 Å². The van der Waals surface area contributed by atoms with Crippen molar-refractivity contribution in [2.45, 2.75) is 37.0 Å². The molecule has 12 N–H and O–H groups in total. The second-order valence-corrected chi connectivity index (χ2v) is 28.3. The molecule has 0 fully saturated rings. The first-order chi connectivity index (χ1) is 55.5. The summed E-state index contributed by atoms with van der Waals surface area (Å²) in [6.45, 7) is -1.90. The Kier molecular flexibility index (Phi) is 37.4. The van der Waals surface area contributed by atoms with E-state index in [1.165, 1.54) is 80.5 Å². The number of methoxy groups -OCH3 is 3. The summed E-state index contributed by atoms with van der Waals surface area (Å²) in [5.74, 6) is -7.88. The number of carbonyl (C=O) groups is 8. The van der Waals surface area contributed by atoms with E-state index in [1.54, 1.807) is 115 Å². The number of carboxylic acids is 4. The zero-order chi connectivity index (χ0) is 85.9. The molecular formula is C81H81Cl6F3N8O19S4. The molecule has 0 aliphatic rings. The van der Waals surface area contributed by atoms with E-state index in [0.29, 0.717) is 86.9 Å². The molecule has 8 aromatic carbocycles. The minimum atomic E-state index is -1.28. The topological polar surface area (TPSA) is 394 Å². The van der Waals surface area contributed by atoms with Gasteiger partial charge in [-0.05, 0) is 113 Å². The van der Waals surface area contributed by atoms with Crippen LogP contribution in [0.4, 0.5) is 13.2 Å². The fourth-order valence-electron chi connectivity index (χ4n) is 12.7. The largest absolute Gasteiger partial charge is 0.495 e. The second kappa shape index (κ2) is 44.6. The lowest BCUT2D eigenvalue weighted by Gasteiger charge is -2.18. The molecule has 4 aromatic heterocycles. The van der Waals surface area contributed by atoms with Crippen LogP contribution >= 0.6 is 124 Å². The molecule has 4 amide bonds. The second-order valence-electron chi connectivity index (χ2n) is 26.0. The summed E-state index contributed by atoms with van der Waals surface area (Å²) in [5, 5.41) is 88.7. The first-order valence-electron chi connectivity index (χ1n) is 34.7. The van der Waals surface area contributed by atoms with E-state index >= 15 is 0 Å². The fourth-order valence-corrected chi connectivity index (χ4v) is 14.2. The standard InChI is InChI=1S/C21H19ClF2N2O5.C21H21ClN2O5.C20H18Cl2N2O5.C19H15Cl2FN2O4.4H2S/c1-26-15-8-17(31-2)20(24)19(22)12(15)7-16(26)21(30)25-14(9-27)11-4-3-10(5-13(11)23)6-18(28)29;1-24-16-7-8-18(29-2)20(22)14(16)10-17(24)21(28)23-15(11-25)13-5-3-12(4-6-13)9-19(26)27;1-24-15-5-6-17(29-2)18(22)12(15)8-16(24)19(26)23-14(9-25)11-4-3-10(20(27)28)7-13(11)21;1-24-15-5-4-12(20)17(21)11(15)7-16(24)18(26)23-14(8-25)10-3-2-9(19(27)28)6-13(10)22;;;;/h3-5,7-8,14,27H,6,9H2,1-2H3,(H,25,30)(H,28,29);3-8,10,15,25H,9,11H2,1-2H3,(H,23,28)(H,26,27);3-8,14,25H,9H2,1-2H3,(H,23,26)(H,27,28);2-7,14,25H,8H2,1H3,(H,23,26)(H,27,28);4*1H2/t14-;15-;2*14-;;;;/m1111..../s1. The maximum absolute atomic E-state index is 14.5. The summed E-state index contributed by atoms with van der Waals surface area (Å²) in [6.07, 6.45) is -0.444. The molecule has 0 saturated carbocycles. The lowest BCUT2D eigenvalue weighted by atomic mass is 10.0. The van der Waals surface area contributed by atoms with Crippen LogP contribution in [0.2, 0.25) is 30.1 Å². The highest BCUT2D eigenvalue weighted by Gasteiger charge is 2.29. The third-order valence-electron chi connectivity index (χ3n) is 18.9. The van der Waals surface area contributed by atoms with Crippen molar-refractivity contribution in [2.24, 2.45) is 28.2 Å². The minimum Gasteiger partial charge on any atom is -0.495 e. The number of carbonyl (C=O) groups excluding carboxylic acids is 4. The Morgan fingerprint density at radius 3 is 1.08 bits per heavy atom. The van der Waals surface area contributed by atoms with Crippen LogP contribution in [0.5, 0.6) is 17.2 Å². The monoisotopic (exact) mass is 1860 g/mol. The van der Waals surface area contributed by atoms with E-state index < -0.39 is 103 Å². The number of aromatic carboxylic acids is 2. The predicted octanol–water partition coefficient (Wildman–Crippen LogP) is 14.0. The Hall–Kier alpha value is -10.2. The number of aliphatic carboxylic acids is 2. The van der Waals surface area contributed by atoms with E-state index in [2.05, 4.69) is 21.3 Å². The number of rotatable bonds is 25. The number of hydrogen-bond donors (Lipinski definition) is 12. The Labute approximate surface area is 746 Å². The summed E-state index contributed by atoms with van der Waals surface area (Å²) in [4.78, 5) is 94.9. The number of ether oxygens (including phenoxy) is 3. The van der Waals surface area contributed by atoms with Crippen molar-refractivity contribution in [3.63, 3.8) is 0 Å². The number of hydrogen-bond acceptors (Lipinski definition) is 15. The van der Waals surface area contributed by atoms with Gasteiger partial charge in [0.05, 0.1) is 138 Å². The van der Waals surface area contributed by atoms with Gasteiger partial charge in [-0.3, -0.25) is 28.8 Å².